The van der Waals surface area contributed by atoms with Crippen molar-refractivity contribution in [3.63, 3.8) is 0 Å². The summed E-state index contributed by atoms with van der Waals surface area (Å²) in [6, 6.07) is 0. The maximum absolute atomic E-state index is 4.70. The molecule has 1 N–H and O–H groups in total. The SMILES string of the molecule is [CH2-][NH+](C)COC.[Rf]. The minimum Gasteiger partial charge on any atom is -0.448 e. The number of quaternary nitrogens is 1. The fraction of sp³-hybridized carbons (Fsp3) is 0.750. The fourth-order valence-electron chi connectivity index (χ4n) is 0.246. The topological polar surface area (TPSA) is 13.7 Å². The van der Waals surface area contributed by atoms with E-state index in [1.165, 1.54) is 0 Å². The molecule has 0 bridgehead atoms. The van der Waals surface area contributed by atoms with Crippen molar-refractivity contribution < 1.29 is 9.64 Å². The molecule has 0 saturated heterocycles. The summed E-state index contributed by atoms with van der Waals surface area (Å²) in [5.41, 5.74) is 0. The normalized spacial score (nSPS) is 12.4. The molecule has 0 rings (SSSR count). The Morgan fingerprint density at radius 1 is 1.71 bits per heavy atom. The van der Waals surface area contributed by atoms with Gasteiger partial charge >= 0.3 is 0 Å². The second-order valence-corrected chi connectivity index (χ2v) is 1.39. The first-order valence-corrected chi connectivity index (χ1v) is 1.90. The van der Waals surface area contributed by atoms with Gasteiger partial charge in [-0.25, -0.2) is 0 Å². The zero-order valence-corrected chi connectivity index (χ0v) is 11.4. The van der Waals surface area contributed by atoms with Crippen LogP contribution < -0.4 is 4.90 Å². The second-order valence-electron chi connectivity index (χ2n) is 1.39. The standard InChI is InChI=1S/C4H11NO.Rf/c1-5(2)4-6-3;/h5H,1,4H2,2-3H3;. The van der Waals surface area contributed by atoms with E-state index in [0.29, 0.717) is 6.73 Å². The van der Waals surface area contributed by atoms with Crippen molar-refractivity contribution in [1.82, 2.24) is 0 Å². The molecular weight excluding hydrogens is 345 g/mol. The minimum absolute atomic E-state index is 0. The van der Waals surface area contributed by atoms with E-state index < -0.39 is 0 Å². The van der Waals surface area contributed by atoms with E-state index in [0.717, 1.165) is 4.90 Å². The first-order valence-electron chi connectivity index (χ1n) is 1.90. The molecule has 0 aliphatic carbocycles. The molecule has 7 heavy (non-hydrogen) atoms. The fourth-order valence-corrected chi connectivity index (χ4v) is 0.246. The maximum Gasteiger partial charge on any atom is 0.156 e. The summed E-state index contributed by atoms with van der Waals surface area (Å²) in [6.45, 7) is 0.681. The number of hydrogen-bond donors (Lipinski definition) is 1. The van der Waals surface area contributed by atoms with E-state index in [1.807, 2.05) is 7.05 Å². The average Bonchev–Trinajstić information content (AvgIpc) is 1.35. The van der Waals surface area contributed by atoms with Gasteiger partial charge in [0, 0.05) is 14.2 Å². The number of hydrogen-bond acceptors (Lipinski definition) is 1. The van der Waals surface area contributed by atoms with Crippen LogP contribution in [0.25, 0.3) is 0 Å². The molecule has 40 valence electrons. The summed E-state index contributed by atoms with van der Waals surface area (Å²) < 4.78 is 4.70. The van der Waals surface area contributed by atoms with Crippen molar-refractivity contribution in [2.24, 2.45) is 0 Å². The van der Waals surface area contributed by atoms with Crippen LogP contribution in [0.15, 0.2) is 0 Å². The Hall–Kier alpha value is -1.08. The number of nitrogens with one attached hydrogen (secondary N) is 1. The van der Waals surface area contributed by atoms with Crippen molar-refractivity contribution in [3.05, 3.63) is 7.05 Å². The van der Waals surface area contributed by atoms with Gasteiger partial charge in [0.05, 0.1) is 0 Å². The molecular formula is C4H11NORf. The van der Waals surface area contributed by atoms with Gasteiger partial charge in [-0.15, -0.1) is 7.05 Å². The summed E-state index contributed by atoms with van der Waals surface area (Å²) in [5, 5.41) is 0. The smallest absolute Gasteiger partial charge is 0.156 e. The summed E-state index contributed by atoms with van der Waals surface area (Å²) >= 11 is 0. The van der Waals surface area contributed by atoms with Gasteiger partial charge in [0.1, 0.15) is 0 Å². The summed E-state index contributed by atoms with van der Waals surface area (Å²) in [5.74, 6) is 0. The molecule has 0 radical (unpaired) electrons. The molecule has 0 aliphatic heterocycles. The Labute approximate surface area is 38.7 Å². The van der Waals surface area contributed by atoms with Crippen molar-refractivity contribution in [1.29, 1.82) is 0 Å². The predicted octanol–water partition coefficient (Wildman–Crippen LogP) is -1.10. The Balaban J connectivity index is 0. The first kappa shape index (κ1) is 9.33. The van der Waals surface area contributed by atoms with E-state index in [4.69, 9.17) is 4.74 Å². The zero-order chi connectivity index (χ0) is 4.99. The Bertz CT molecular complexity index is 32.9. The quantitative estimate of drug-likeness (QED) is 0.490. The maximum atomic E-state index is 4.70. The minimum atomic E-state index is 0. The van der Waals surface area contributed by atoms with Crippen LogP contribution in [0.1, 0.15) is 0 Å². The van der Waals surface area contributed by atoms with Gasteiger partial charge in [0.15, 0.2) is 6.73 Å². The van der Waals surface area contributed by atoms with Crippen LogP contribution in [0.3, 0.4) is 0 Å². The first-order chi connectivity index (χ1) is 2.77. The summed E-state index contributed by atoms with van der Waals surface area (Å²) in [6.07, 6.45) is 0. The van der Waals surface area contributed by atoms with E-state index in [-0.39, 0.29) is 0 Å². The summed E-state index contributed by atoms with van der Waals surface area (Å²) in [7, 11) is 7.22. The van der Waals surface area contributed by atoms with Gasteiger partial charge in [-0.05, 0) is 0 Å². The third-order valence-corrected chi connectivity index (χ3v) is 0.391. The van der Waals surface area contributed by atoms with Gasteiger partial charge in [0.2, 0.25) is 0 Å². The van der Waals surface area contributed by atoms with E-state index >= 15 is 0 Å². The zero-order valence-electron chi connectivity index (χ0n) is 5.03. The Morgan fingerprint density at radius 2 is 2.14 bits per heavy atom. The van der Waals surface area contributed by atoms with Crippen LogP contribution in [0.2, 0.25) is 0 Å². The van der Waals surface area contributed by atoms with Crippen LogP contribution >= 0.6 is 0 Å². The molecule has 0 aliphatic rings. The van der Waals surface area contributed by atoms with E-state index in [2.05, 4.69) is 7.05 Å². The van der Waals surface area contributed by atoms with Gasteiger partial charge < -0.3 is 9.64 Å². The summed E-state index contributed by atoms with van der Waals surface area (Å²) in [4.78, 5) is 1.07. The van der Waals surface area contributed by atoms with E-state index in [9.17, 15) is 0 Å². The molecule has 0 aromatic carbocycles. The van der Waals surface area contributed by atoms with Crippen molar-refractivity contribution in [2.45, 2.75) is 0 Å². The number of ether oxygens (including phenoxy) is 1. The number of rotatable bonds is 2. The molecule has 0 spiro atoms. The van der Waals surface area contributed by atoms with Crippen LogP contribution in [0.5, 0.6) is 0 Å². The van der Waals surface area contributed by atoms with Crippen molar-refractivity contribution in [2.75, 3.05) is 20.9 Å². The monoisotopic (exact) mass is 356 g/mol. The third-order valence-electron chi connectivity index (χ3n) is 0.391. The van der Waals surface area contributed by atoms with Crippen LogP contribution in [0, 0.1) is 7.05 Å². The predicted molar refractivity (Wildman–Crippen MR) is 24.1 cm³/mol. The van der Waals surface area contributed by atoms with Crippen LogP contribution in [-0.2, 0) is 4.74 Å². The average molecular weight is 356 g/mol. The molecule has 0 heterocycles. The molecule has 1 unspecified atom stereocenters. The second kappa shape index (κ2) is 4.92. The number of methoxy groups -OCH3 is 1. The largest absolute Gasteiger partial charge is 0.448 e. The molecule has 0 aromatic rings. The molecule has 2 nitrogen and oxygen atoms in total. The van der Waals surface area contributed by atoms with Crippen molar-refractivity contribution >= 4 is 0 Å². The van der Waals surface area contributed by atoms with Gasteiger partial charge in [0.25, 0.3) is 0 Å². The van der Waals surface area contributed by atoms with Gasteiger partial charge in [-0.2, -0.15) is 0 Å². The van der Waals surface area contributed by atoms with Crippen LogP contribution in [0.4, 0.5) is 0 Å². The molecule has 0 fully saturated rings. The Morgan fingerprint density at radius 3 is 2.14 bits per heavy atom. The molecule has 0 saturated carbocycles. The molecule has 1 atom stereocenters. The van der Waals surface area contributed by atoms with Crippen molar-refractivity contribution in [3.8, 4) is 0 Å². The van der Waals surface area contributed by atoms with Gasteiger partial charge in [-0.3, -0.25) is 0 Å². The molecule has 0 amide bonds. The third kappa shape index (κ3) is 11.4. The molecule has 0 aromatic heterocycles. The van der Waals surface area contributed by atoms with E-state index in [1.54, 1.807) is 7.11 Å². The van der Waals surface area contributed by atoms with Crippen LogP contribution in [-0.4, -0.2) is 20.9 Å². The molecule has 3 heteroatoms. The Kier molecular flexibility index (Phi) is 6.55. The van der Waals surface area contributed by atoms with Gasteiger partial charge in [-0.1, -0.05) is 0 Å².